The SMILES string of the molecule is CCNC(=NCCCn1c(C)nc2ccccc21)NCCc1c(C)nn(C)c1C.I. The summed E-state index contributed by atoms with van der Waals surface area (Å²) in [6.07, 6.45) is 1.91. The van der Waals surface area contributed by atoms with Crippen molar-refractivity contribution in [1.29, 1.82) is 0 Å². The molecule has 0 saturated carbocycles. The summed E-state index contributed by atoms with van der Waals surface area (Å²) in [6, 6.07) is 8.30. The Morgan fingerprint density at radius 1 is 1.13 bits per heavy atom. The molecule has 1 aromatic carbocycles. The molecule has 0 amide bonds. The van der Waals surface area contributed by atoms with Gasteiger partial charge < -0.3 is 15.2 Å². The smallest absolute Gasteiger partial charge is 0.191 e. The molecule has 0 radical (unpaired) electrons. The van der Waals surface area contributed by atoms with E-state index < -0.39 is 0 Å². The highest BCUT2D eigenvalue weighted by atomic mass is 127. The summed E-state index contributed by atoms with van der Waals surface area (Å²) >= 11 is 0. The van der Waals surface area contributed by atoms with Gasteiger partial charge in [0.15, 0.2) is 5.96 Å². The zero-order valence-corrected chi connectivity index (χ0v) is 21.0. The van der Waals surface area contributed by atoms with Crippen molar-refractivity contribution in [2.24, 2.45) is 12.0 Å². The van der Waals surface area contributed by atoms with Gasteiger partial charge in [0.2, 0.25) is 0 Å². The van der Waals surface area contributed by atoms with E-state index in [0.717, 1.165) is 62.0 Å². The lowest BCUT2D eigenvalue weighted by atomic mass is 10.1. The van der Waals surface area contributed by atoms with Gasteiger partial charge >= 0.3 is 0 Å². The Bertz CT molecular complexity index is 987. The van der Waals surface area contributed by atoms with Crippen LogP contribution in [0.3, 0.4) is 0 Å². The second-order valence-corrected chi connectivity index (χ2v) is 7.36. The van der Waals surface area contributed by atoms with E-state index in [1.54, 1.807) is 0 Å². The summed E-state index contributed by atoms with van der Waals surface area (Å²) in [6.45, 7) is 11.7. The minimum absolute atomic E-state index is 0. The molecule has 2 aromatic heterocycles. The largest absolute Gasteiger partial charge is 0.357 e. The van der Waals surface area contributed by atoms with Crippen LogP contribution in [-0.4, -0.2) is 44.9 Å². The number of nitrogens with one attached hydrogen (secondary N) is 2. The molecule has 0 bridgehead atoms. The maximum atomic E-state index is 4.74. The number of fused-ring (bicyclic) bond motifs is 1. The number of imidazole rings is 1. The van der Waals surface area contributed by atoms with Crippen molar-refractivity contribution in [3.8, 4) is 0 Å². The highest BCUT2D eigenvalue weighted by Crippen LogP contribution is 2.15. The Balaban J connectivity index is 0.00000320. The number of benzene rings is 1. The van der Waals surface area contributed by atoms with Gasteiger partial charge in [-0.3, -0.25) is 9.67 Å². The van der Waals surface area contributed by atoms with Crippen LogP contribution >= 0.6 is 24.0 Å². The summed E-state index contributed by atoms with van der Waals surface area (Å²) < 4.78 is 4.23. The number of nitrogens with zero attached hydrogens (tertiary/aromatic N) is 5. The van der Waals surface area contributed by atoms with E-state index in [0.29, 0.717) is 0 Å². The van der Waals surface area contributed by atoms with Crippen LogP contribution in [0.25, 0.3) is 11.0 Å². The van der Waals surface area contributed by atoms with Crippen molar-refractivity contribution >= 4 is 41.0 Å². The highest BCUT2D eigenvalue weighted by molar-refractivity contribution is 14.0. The standard InChI is InChI=1S/C22H33N7.HI/c1-6-23-22(25-14-12-19-16(2)27-28(5)17(19)3)24-13-9-15-29-18(4)26-20-10-7-8-11-21(20)29;/h7-8,10-11H,6,9,12-15H2,1-5H3,(H2,23,24,25);1H. The van der Waals surface area contributed by atoms with Crippen LogP contribution in [0.15, 0.2) is 29.3 Å². The third kappa shape index (κ3) is 5.74. The van der Waals surface area contributed by atoms with Gasteiger partial charge in [-0.1, -0.05) is 12.1 Å². The zero-order chi connectivity index (χ0) is 20.8. The van der Waals surface area contributed by atoms with E-state index in [4.69, 9.17) is 4.99 Å². The van der Waals surface area contributed by atoms with E-state index in [-0.39, 0.29) is 24.0 Å². The van der Waals surface area contributed by atoms with Gasteiger partial charge in [0, 0.05) is 38.9 Å². The Kier molecular flexibility index (Phi) is 9.13. The first-order chi connectivity index (χ1) is 14.0. The first-order valence-electron chi connectivity index (χ1n) is 10.4. The fraction of sp³-hybridized carbons (Fsp3) is 0.500. The monoisotopic (exact) mass is 523 g/mol. The third-order valence-electron chi connectivity index (χ3n) is 5.33. The van der Waals surface area contributed by atoms with E-state index in [9.17, 15) is 0 Å². The molecular weight excluding hydrogens is 489 g/mol. The summed E-state index contributed by atoms with van der Waals surface area (Å²) in [5.41, 5.74) is 5.91. The number of hydrogen-bond acceptors (Lipinski definition) is 3. The van der Waals surface area contributed by atoms with Crippen molar-refractivity contribution in [2.45, 2.75) is 47.1 Å². The number of halogens is 1. The normalized spacial score (nSPS) is 11.6. The second kappa shape index (κ2) is 11.3. The second-order valence-electron chi connectivity index (χ2n) is 7.36. The minimum atomic E-state index is 0. The number of aryl methyl sites for hydroxylation is 4. The van der Waals surface area contributed by atoms with Crippen LogP contribution in [0.2, 0.25) is 0 Å². The molecule has 0 aliphatic carbocycles. The molecule has 0 atom stereocenters. The molecule has 0 aliphatic heterocycles. The van der Waals surface area contributed by atoms with Crippen LogP contribution in [0.1, 0.15) is 36.1 Å². The summed E-state index contributed by atoms with van der Waals surface area (Å²) in [4.78, 5) is 9.38. The Hall–Kier alpha value is -2.10. The van der Waals surface area contributed by atoms with Crippen molar-refractivity contribution < 1.29 is 0 Å². The predicted octanol–water partition coefficient (Wildman–Crippen LogP) is 3.50. The Morgan fingerprint density at radius 3 is 2.60 bits per heavy atom. The van der Waals surface area contributed by atoms with Crippen LogP contribution in [-0.2, 0) is 20.0 Å². The molecule has 2 heterocycles. The molecule has 7 nitrogen and oxygen atoms in total. The number of aromatic nitrogens is 4. The highest BCUT2D eigenvalue weighted by Gasteiger charge is 2.09. The van der Waals surface area contributed by atoms with Crippen LogP contribution < -0.4 is 10.6 Å². The minimum Gasteiger partial charge on any atom is -0.357 e. The maximum Gasteiger partial charge on any atom is 0.191 e. The lowest BCUT2D eigenvalue weighted by molar-refractivity contribution is 0.645. The van der Waals surface area contributed by atoms with Gasteiger partial charge in [-0.2, -0.15) is 5.10 Å². The molecule has 3 rings (SSSR count). The first kappa shape index (κ1) is 24.2. The number of guanidine groups is 1. The summed E-state index contributed by atoms with van der Waals surface area (Å²) in [7, 11) is 2.00. The number of aliphatic imine (C=N–C) groups is 1. The van der Waals surface area contributed by atoms with Crippen molar-refractivity contribution in [3.63, 3.8) is 0 Å². The van der Waals surface area contributed by atoms with Gasteiger partial charge in [-0.25, -0.2) is 4.98 Å². The molecule has 164 valence electrons. The first-order valence-corrected chi connectivity index (χ1v) is 10.4. The summed E-state index contributed by atoms with van der Waals surface area (Å²) in [5, 5.41) is 11.3. The average Bonchev–Trinajstić information content (AvgIpc) is 3.14. The van der Waals surface area contributed by atoms with Crippen molar-refractivity contribution in [3.05, 3.63) is 47.0 Å². The summed E-state index contributed by atoms with van der Waals surface area (Å²) in [5.74, 6) is 1.93. The van der Waals surface area contributed by atoms with E-state index in [1.165, 1.54) is 16.8 Å². The molecule has 2 N–H and O–H groups in total. The molecule has 0 unspecified atom stereocenters. The van der Waals surface area contributed by atoms with Gasteiger partial charge in [0.1, 0.15) is 5.82 Å². The lowest BCUT2D eigenvalue weighted by Gasteiger charge is -2.12. The Labute approximate surface area is 196 Å². The van der Waals surface area contributed by atoms with Crippen LogP contribution in [0, 0.1) is 20.8 Å². The van der Waals surface area contributed by atoms with Gasteiger partial charge in [-0.15, -0.1) is 24.0 Å². The topological polar surface area (TPSA) is 72.1 Å². The molecule has 0 spiro atoms. The third-order valence-corrected chi connectivity index (χ3v) is 5.33. The van der Waals surface area contributed by atoms with Crippen LogP contribution in [0.4, 0.5) is 0 Å². The molecule has 0 saturated heterocycles. The van der Waals surface area contributed by atoms with Crippen LogP contribution in [0.5, 0.6) is 0 Å². The predicted molar refractivity (Wildman–Crippen MR) is 135 cm³/mol. The Morgan fingerprint density at radius 2 is 1.90 bits per heavy atom. The maximum absolute atomic E-state index is 4.74. The molecule has 0 fully saturated rings. The molecule has 30 heavy (non-hydrogen) atoms. The quantitative estimate of drug-likeness (QED) is 0.205. The molecular formula is C22H34IN7. The zero-order valence-electron chi connectivity index (χ0n) is 18.7. The van der Waals surface area contributed by atoms with Gasteiger partial charge in [0.05, 0.1) is 16.7 Å². The lowest BCUT2D eigenvalue weighted by Crippen LogP contribution is -2.38. The van der Waals surface area contributed by atoms with Crippen molar-refractivity contribution in [1.82, 2.24) is 30.0 Å². The average molecular weight is 523 g/mol. The molecule has 8 heteroatoms. The molecule has 0 aliphatic rings. The van der Waals surface area contributed by atoms with Crippen molar-refractivity contribution in [2.75, 3.05) is 19.6 Å². The number of rotatable bonds is 8. The van der Waals surface area contributed by atoms with Gasteiger partial charge in [-0.05, 0) is 58.2 Å². The van der Waals surface area contributed by atoms with E-state index in [2.05, 4.69) is 71.2 Å². The fourth-order valence-electron chi connectivity index (χ4n) is 3.72. The fourth-order valence-corrected chi connectivity index (χ4v) is 3.72. The molecule has 3 aromatic rings. The van der Waals surface area contributed by atoms with E-state index in [1.807, 2.05) is 17.8 Å². The van der Waals surface area contributed by atoms with E-state index >= 15 is 0 Å². The number of para-hydroxylation sites is 2. The van der Waals surface area contributed by atoms with Gasteiger partial charge in [0.25, 0.3) is 0 Å². The number of hydrogen-bond donors (Lipinski definition) is 2.